The first-order valence-electron chi connectivity index (χ1n) is 6.10. The normalized spacial score (nSPS) is 11.5. The van der Waals surface area contributed by atoms with Crippen LogP contribution in [0.4, 0.5) is 0 Å². The van der Waals surface area contributed by atoms with Crippen molar-refractivity contribution in [2.45, 2.75) is 20.3 Å². The molecule has 0 aliphatic heterocycles. The highest BCUT2D eigenvalue weighted by Gasteiger charge is 2.14. The molecule has 2 N–H and O–H groups in total. The Morgan fingerprint density at radius 3 is 2.41 bits per heavy atom. The Balaban J connectivity index is 2.02. The van der Waals surface area contributed by atoms with Gasteiger partial charge in [0.1, 0.15) is 12.4 Å². The second-order valence-electron chi connectivity index (χ2n) is 4.89. The van der Waals surface area contributed by atoms with Crippen LogP contribution in [0, 0.1) is 5.41 Å². The molecular weight excluding hydrogens is 214 g/mol. The molecule has 1 aromatic carbocycles. The summed E-state index contributed by atoms with van der Waals surface area (Å²) in [5.41, 5.74) is 5.81. The molecule has 0 amide bonds. The lowest BCUT2D eigenvalue weighted by molar-refractivity contribution is 0.0802. The minimum atomic E-state index is 0.167. The average Bonchev–Trinajstić information content (AvgIpc) is 2.35. The standard InChI is InChI=1S/C14H23NO2/c1-14(2,12-15)8-9-16-10-11-17-13-6-4-3-5-7-13/h3-7H,8-12,15H2,1-2H3. The summed E-state index contributed by atoms with van der Waals surface area (Å²) in [6, 6.07) is 9.77. The zero-order valence-corrected chi connectivity index (χ0v) is 10.8. The van der Waals surface area contributed by atoms with Crippen LogP contribution in [0.25, 0.3) is 0 Å². The van der Waals surface area contributed by atoms with E-state index in [4.69, 9.17) is 15.2 Å². The lowest BCUT2D eigenvalue weighted by Gasteiger charge is -2.21. The predicted octanol–water partition coefficient (Wildman–Crippen LogP) is 2.46. The molecule has 1 aromatic rings. The molecule has 0 saturated carbocycles. The van der Waals surface area contributed by atoms with Crippen molar-refractivity contribution in [3.8, 4) is 5.75 Å². The van der Waals surface area contributed by atoms with Gasteiger partial charge in [0, 0.05) is 6.61 Å². The zero-order valence-electron chi connectivity index (χ0n) is 10.8. The summed E-state index contributed by atoms with van der Waals surface area (Å²) in [5.74, 6) is 0.887. The van der Waals surface area contributed by atoms with E-state index in [0.717, 1.165) is 18.8 Å². The van der Waals surface area contributed by atoms with E-state index in [0.29, 0.717) is 19.8 Å². The lowest BCUT2D eigenvalue weighted by Crippen LogP contribution is -2.25. The largest absolute Gasteiger partial charge is 0.491 e. The highest BCUT2D eigenvalue weighted by molar-refractivity contribution is 5.20. The van der Waals surface area contributed by atoms with Gasteiger partial charge >= 0.3 is 0 Å². The molecular formula is C14H23NO2. The number of nitrogens with two attached hydrogens (primary N) is 1. The second kappa shape index (κ2) is 7.30. The van der Waals surface area contributed by atoms with E-state index in [2.05, 4.69) is 13.8 Å². The second-order valence-corrected chi connectivity index (χ2v) is 4.89. The van der Waals surface area contributed by atoms with Crippen molar-refractivity contribution in [3.05, 3.63) is 30.3 Å². The molecule has 0 heterocycles. The summed E-state index contributed by atoms with van der Waals surface area (Å²) >= 11 is 0. The van der Waals surface area contributed by atoms with Gasteiger partial charge in [0.25, 0.3) is 0 Å². The maximum absolute atomic E-state index is 5.64. The molecule has 0 radical (unpaired) electrons. The van der Waals surface area contributed by atoms with Crippen LogP contribution in [0.3, 0.4) is 0 Å². The highest BCUT2D eigenvalue weighted by Crippen LogP contribution is 2.17. The zero-order chi connectivity index (χ0) is 12.6. The minimum Gasteiger partial charge on any atom is -0.491 e. The first-order chi connectivity index (χ1) is 8.14. The Morgan fingerprint density at radius 2 is 1.76 bits per heavy atom. The number of hydrogen-bond acceptors (Lipinski definition) is 3. The van der Waals surface area contributed by atoms with Gasteiger partial charge in [-0.2, -0.15) is 0 Å². The smallest absolute Gasteiger partial charge is 0.119 e. The Kier molecular flexibility index (Phi) is 6.01. The number of ether oxygens (including phenoxy) is 2. The van der Waals surface area contributed by atoms with E-state index < -0.39 is 0 Å². The molecule has 0 bridgehead atoms. The van der Waals surface area contributed by atoms with Gasteiger partial charge in [0.15, 0.2) is 0 Å². The van der Waals surface area contributed by atoms with Crippen LogP contribution in [0.5, 0.6) is 5.75 Å². The Morgan fingerprint density at radius 1 is 1.06 bits per heavy atom. The summed E-state index contributed by atoms with van der Waals surface area (Å²) < 4.78 is 11.0. The van der Waals surface area contributed by atoms with Crippen molar-refractivity contribution >= 4 is 0 Å². The van der Waals surface area contributed by atoms with Crippen molar-refractivity contribution in [2.75, 3.05) is 26.4 Å². The van der Waals surface area contributed by atoms with E-state index in [1.165, 1.54) is 0 Å². The maximum Gasteiger partial charge on any atom is 0.119 e. The van der Waals surface area contributed by atoms with E-state index in [1.807, 2.05) is 30.3 Å². The third-order valence-corrected chi connectivity index (χ3v) is 2.72. The van der Waals surface area contributed by atoms with Crippen LogP contribution in [-0.4, -0.2) is 26.4 Å². The quantitative estimate of drug-likeness (QED) is 0.706. The predicted molar refractivity (Wildman–Crippen MR) is 70.2 cm³/mol. The third-order valence-electron chi connectivity index (χ3n) is 2.72. The molecule has 0 aliphatic rings. The van der Waals surface area contributed by atoms with Gasteiger partial charge in [-0.15, -0.1) is 0 Å². The third kappa shape index (κ3) is 6.29. The fraction of sp³-hybridized carbons (Fsp3) is 0.571. The fourth-order valence-corrected chi connectivity index (χ4v) is 1.29. The molecule has 0 atom stereocenters. The Labute approximate surface area is 104 Å². The van der Waals surface area contributed by atoms with E-state index >= 15 is 0 Å². The molecule has 3 heteroatoms. The molecule has 3 nitrogen and oxygen atoms in total. The van der Waals surface area contributed by atoms with Crippen LogP contribution >= 0.6 is 0 Å². The van der Waals surface area contributed by atoms with Gasteiger partial charge in [0.05, 0.1) is 6.61 Å². The summed E-state index contributed by atoms with van der Waals surface area (Å²) in [5, 5.41) is 0. The number of rotatable bonds is 8. The van der Waals surface area contributed by atoms with Crippen molar-refractivity contribution in [1.29, 1.82) is 0 Å². The van der Waals surface area contributed by atoms with Crippen LogP contribution in [0.2, 0.25) is 0 Å². The fourth-order valence-electron chi connectivity index (χ4n) is 1.29. The average molecular weight is 237 g/mol. The topological polar surface area (TPSA) is 44.5 Å². The molecule has 0 aliphatic carbocycles. The molecule has 0 unspecified atom stereocenters. The van der Waals surface area contributed by atoms with E-state index in [-0.39, 0.29) is 5.41 Å². The van der Waals surface area contributed by atoms with Crippen LogP contribution in [0.1, 0.15) is 20.3 Å². The van der Waals surface area contributed by atoms with Gasteiger partial charge in [-0.05, 0) is 30.5 Å². The molecule has 0 spiro atoms. The summed E-state index contributed by atoms with van der Waals surface area (Å²) in [6.45, 7) is 6.94. The first kappa shape index (κ1) is 14.0. The number of para-hydroxylation sites is 1. The SMILES string of the molecule is CC(C)(CN)CCOCCOc1ccccc1. The first-order valence-corrected chi connectivity index (χ1v) is 6.10. The number of benzene rings is 1. The van der Waals surface area contributed by atoms with Crippen molar-refractivity contribution in [1.82, 2.24) is 0 Å². The molecule has 0 saturated heterocycles. The van der Waals surface area contributed by atoms with Gasteiger partial charge in [-0.3, -0.25) is 0 Å². The van der Waals surface area contributed by atoms with Crippen LogP contribution in [0.15, 0.2) is 30.3 Å². The van der Waals surface area contributed by atoms with Gasteiger partial charge in [-0.25, -0.2) is 0 Å². The van der Waals surface area contributed by atoms with Crippen molar-refractivity contribution in [2.24, 2.45) is 11.1 Å². The molecule has 96 valence electrons. The van der Waals surface area contributed by atoms with E-state index in [9.17, 15) is 0 Å². The van der Waals surface area contributed by atoms with Crippen molar-refractivity contribution < 1.29 is 9.47 Å². The van der Waals surface area contributed by atoms with Crippen LogP contribution in [-0.2, 0) is 4.74 Å². The summed E-state index contributed by atoms with van der Waals surface area (Å²) in [6.07, 6.45) is 0.981. The summed E-state index contributed by atoms with van der Waals surface area (Å²) in [4.78, 5) is 0. The Bertz CT molecular complexity index is 298. The molecule has 1 rings (SSSR count). The highest BCUT2D eigenvalue weighted by atomic mass is 16.5. The molecule has 0 aromatic heterocycles. The monoisotopic (exact) mass is 237 g/mol. The molecule has 0 fully saturated rings. The lowest BCUT2D eigenvalue weighted by atomic mass is 9.90. The molecule has 17 heavy (non-hydrogen) atoms. The van der Waals surface area contributed by atoms with Crippen LogP contribution < -0.4 is 10.5 Å². The van der Waals surface area contributed by atoms with E-state index in [1.54, 1.807) is 0 Å². The van der Waals surface area contributed by atoms with Gasteiger partial charge in [-0.1, -0.05) is 32.0 Å². The van der Waals surface area contributed by atoms with Gasteiger partial charge in [0.2, 0.25) is 0 Å². The maximum atomic E-state index is 5.64. The number of hydrogen-bond donors (Lipinski definition) is 1. The van der Waals surface area contributed by atoms with Crippen molar-refractivity contribution in [3.63, 3.8) is 0 Å². The minimum absolute atomic E-state index is 0.167. The van der Waals surface area contributed by atoms with Gasteiger partial charge < -0.3 is 15.2 Å². The summed E-state index contributed by atoms with van der Waals surface area (Å²) in [7, 11) is 0. The Hall–Kier alpha value is -1.06.